The van der Waals surface area contributed by atoms with E-state index in [2.05, 4.69) is 42.0 Å². The Morgan fingerprint density at radius 2 is 1.05 bits per heavy atom. The highest BCUT2D eigenvalue weighted by Crippen LogP contribution is 2.38. The van der Waals surface area contributed by atoms with E-state index in [-0.39, 0.29) is 0 Å². The van der Waals surface area contributed by atoms with Gasteiger partial charge in [-0.15, -0.1) is 19.3 Å². The summed E-state index contributed by atoms with van der Waals surface area (Å²) in [6.45, 7) is 0. The lowest BCUT2D eigenvalue weighted by Crippen LogP contribution is -1.91. The molecule has 0 atom stereocenters. The Morgan fingerprint density at radius 3 is 1.64 bits per heavy atom. The molecule has 0 aliphatic carbocycles. The Labute approximate surface area is 129 Å². The molecule has 0 amide bonds. The summed E-state index contributed by atoms with van der Waals surface area (Å²) in [5.41, 5.74) is 2.53. The molecule has 0 heterocycles. The molecule has 4 aromatic rings. The Balaban J connectivity index is 2.44. The van der Waals surface area contributed by atoms with Gasteiger partial charge in [-0.3, -0.25) is 0 Å². The molecule has 0 spiro atoms. The molecule has 0 nitrogen and oxygen atoms in total. The van der Waals surface area contributed by atoms with Gasteiger partial charge in [-0.2, -0.15) is 0 Å². The van der Waals surface area contributed by atoms with E-state index in [1.807, 2.05) is 18.2 Å². The average Bonchev–Trinajstić information content (AvgIpc) is 2.58. The number of benzene rings is 4. The van der Waals surface area contributed by atoms with E-state index >= 15 is 0 Å². The van der Waals surface area contributed by atoms with Gasteiger partial charge >= 0.3 is 0 Å². The van der Waals surface area contributed by atoms with Crippen LogP contribution in [0.4, 0.5) is 0 Å². The maximum absolute atomic E-state index is 5.68. The maximum atomic E-state index is 5.68. The van der Waals surface area contributed by atoms with Crippen LogP contribution in [0.25, 0.3) is 32.3 Å². The van der Waals surface area contributed by atoms with Crippen LogP contribution in [0.5, 0.6) is 0 Å². The van der Waals surface area contributed by atoms with E-state index in [0.29, 0.717) is 0 Å². The summed E-state index contributed by atoms with van der Waals surface area (Å²) in [5.74, 6) is 8.26. The Kier molecular flexibility index (Phi) is 2.41. The Morgan fingerprint density at radius 1 is 0.545 bits per heavy atom. The molecule has 0 unspecified atom stereocenters. The lowest BCUT2D eigenvalue weighted by atomic mass is 9.88. The van der Waals surface area contributed by atoms with Crippen molar-refractivity contribution in [1.82, 2.24) is 0 Å². The van der Waals surface area contributed by atoms with E-state index in [0.717, 1.165) is 49.0 Å². The lowest BCUT2D eigenvalue weighted by molar-refractivity contribution is 1.69. The molecule has 0 fully saturated rings. The largest absolute Gasteiger partial charge is 0.115 e. The van der Waals surface area contributed by atoms with Crippen molar-refractivity contribution < 1.29 is 0 Å². The molecule has 98 valence electrons. The van der Waals surface area contributed by atoms with Crippen molar-refractivity contribution in [3.63, 3.8) is 0 Å². The summed E-state index contributed by atoms with van der Waals surface area (Å²) in [6, 6.07) is 14.2. The van der Waals surface area contributed by atoms with E-state index in [1.54, 1.807) is 0 Å². The molecule has 0 saturated heterocycles. The second-order valence-corrected chi connectivity index (χ2v) is 5.26. The Bertz CT molecular complexity index is 1150. The van der Waals surface area contributed by atoms with Crippen molar-refractivity contribution >= 4 is 32.3 Å². The van der Waals surface area contributed by atoms with Crippen molar-refractivity contribution in [2.45, 2.75) is 0 Å². The first-order valence-electron chi connectivity index (χ1n) is 6.93. The van der Waals surface area contributed by atoms with Gasteiger partial charge in [-0.05, 0) is 44.5 Å². The van der Waals surface area contributed by atoms with Crippen LogP contribution in [0.15, 0.2) is 42.5 Å². The number of hydrogen-bond donors (Lipinski definition) is 0. The first kappa shape index (κ1) is 12.3. The van der Waals surface area contributed by atoms with E-state index < -0.39 is 0 Å². The fourth-order valence-electron chi connectivity index (χ4n) is 3.26. The molecule has 4 aromatic carbocycles. The number of hydrogen-bond acceptors (Lipinski definition) is 0. The van der Waals surface area contributed by atoms with Crippen molar-refractivity contribution in [3.8, 4) is 37.0 Å². The first-order valence-corrected chi connectivity index (χ1v) is 6.93. The van der Waals surface area contributed by atoms with Gasteiger partial charge in [0.05, 0.1) is 0 Å². The number of rotatable bonds is 0. The van der Waals surface area contributed by atoms with Gasteiger partial charge in [0.25, 0.3) is 0 Å². The Hall–Kier alpha value is -3.40. The molecule has 0 aromatic heterocycles. The van der Waals surface area contributed by atoms with Gasteiger partial charge in [0.1, 0.15) is 0 Å². The van der Waals surface area contributed by atoms with E-state index in [9.17, 15) is 0 Å². The van der Waals surface area contributed by atoms with Crippen LogP contribution in [-0.4, -0.2) is 0 Å². The van der Waals surface area contributed by atoms with E-state index in [1.165, 1.54) is 0 Å². The molecule has 4 rings (SSSR count). The second kappa shape index (κ2) is 4.30. The quantitative estimate of drug-likeness (QED) is 0.326. The van der Waals surface area contributed by atoms with Gasteiger partial charge < -0.3 is 0 Å². The maximum Gasteiger partial charge on any atom is 0.0334 e. The average molecular weight is 274 g/mol. The summed E-state index contributed by atoms with van der Waals surface area (Å²) in [5, 5.41) is 6.54. The molecule has 0 radical (unpaired) electrons. The molecule has 0 aliphatic rings. The monoisotopic (exact) mass is 274 g/mol. The molecule has 0 bridgehead atoms. The summed E-state index contributed by atoms with van der Waals surface area (Å²) < 4.78 is 0. The molecule has 0 heteroatoms. The van der Waals surface area contributed by atoms with Gasteiger partial charge in [-0.1, -0.05) is 48.1 Å². The zero-order valence-electron chi connectivity index (χ0n) is 11.8. The smallest absolute Gasteiger partial charge is 0.0334 e. The van der Waals surface area contributed by atoms with Crippen molar-refractivity contribution in [3.05, 3.63) is 59.2 Å². The van der Waals surface area contributed by atoms with Crippen molar-refractivity contribution in [1.29, 1.82) is 0 Å². The normalized spacial score (nSPS) is 10.6. The fraction of sp³-hybridized carbons (Fsp3) is 0. The minimum atomic E-state index is 0.820. The standard InChI is InChI=1S/C22H10/c1-4-14-7-8-17-9-10-19-15(5-2)13-16(6-3)20-12-11-18(14)21(17)22(19)20/h1-3,7-13H. The zero-order valence-corrected chi connectivity index (χ0v) is 11.8. The predicted octanol–water partition coefficient (Wildman–Crippen LogP) is 4.53. The van der Waals surface area contributed by atoms with Gasteiger partial charge in [0, 0.05) is 16.7 Å². The summed E-state index contributed by atoms with van der Waals surface area (Å²) >= 11 is 0. The highest BCUT2D eigenvalue weighted by molar-refractivity contribution is 6.25. The van der Waals surface area contributed by atoms with Crippen LogP contribution in [0.2, 0.25) is 0 Å². The fourth-order valence-corrected chi connectivity index (χ4v) is 3.26. The highest BCUT2D eigenvalue weighted by atomic mass is 14.2. The minimum absolute atomic E-state index is 0.820. The predicted molar refractivity (Wildman–Crippen MR) is 94.0 cm³/mol. The SMILES string of the molecule is C#Cc1ccc2ccc3c(C#C)cc(C#C)c4ccc1c2c34. The third-order valence-corrected chi connectivity index (χ3v) is 4.25. The van der Waals surface area contributed by atoms with E-state index in [4.69, 9.17) is 19.3 Å². The van der Waals surface area contributed by atoms with Crippen LogP contribution in [0, 0.1) is 37.0 Å². The van der Waals surface area contributed by atoms with Gasteiger partial charge in [0.2, 0.25) is 0 Å². The van der Waals surface area contributed by atoms with Crippen LogP contribution in [-0.2, 0) is 0 Å². The van der Waals surface area contributed by atoms with Crippen molar-refractivity contribution in [2.75, 3.05) is 0 Å². The lowest BCUT2D eigenvalue weighted by Gasteiger charge is -2.14. The molecule has 0 aliphatic heterocycles. The summed E-state index contributed by atoms with van der Waals surface area (Å²) in [7, 11) is 0. The van der Waals surface area contributed by atoms with Crippen LogP contribution in [0.3, 0.4) is 0 Å². The zero-order chi connectivity index (χ0) is 15.3. The molecular weight excluding hydrogens is 264 g/mol. The molecule has 22 heavy (non-hydrogen) atoms. The second-order valence-electron chi connectivity index (χ2n) is 5.26. The molecule has 0 N–H and O–H groups in total. The van der Waals surface area contributed by atoms with Crippen LogP contribution in [0.1, 0.15) is 16.7 Å². The van der Waals surface area contributed by atoms with Gasteiger partial charge in [-0.25, -0.2) is 0 Å². The number of terminal acetylenes is 3. The highest BCUT2D eigenvalue weighted by Gasteiger charge is 2.14. The van der Waals surface area contributed by atoms with Crippen LogP contribution >= 0.6 is 0 Å². The van der Waals surface area contributed by atoms with Gasteiger partial charge in [0.15, 0.2) is 0 Å². The summed E-state index contributed by atoms with van der Waals surface area (Å²) in [4.78, 5) is 0. The molecule has 0 saturated carbocycles. The molecular formula is C22H10. The third kappa shape index (κ3) is 1.41. The minimum Gasteiger partial charge on any atom is -0.115 e. The third-order valence-electron chi connectivity index (χ3n) is 4.25. The topological polar surface area (TPSA) is 0 Å². The summed E-state index contributed by atoms with van der Waals surface area (Å²) in [6.07, 6.45) is 17.0. The first-order chi connectivity index (χ1) is 10.8. The van der Waals surface area contributed by atoms with Crippen LogP contribution < -0.4 is 0 Å². The van der Waals surface area contributed by atoms with Crippen molar-refractivity contribution in [2.24, 2.45) is 0 Å².